The maximum Gasteiger partial charge on any atom is 0.295 e. The highest BCUT2D eigenvalue weighted by atomic mass is 32.2. The standard InChI is InChI=1S/C20H17N5O6S/c1-14(15-7-9-17(10-8-15)24(26)27)21-22-19-12-11-18(13-20(19)25(28)29)32(30,31)23-16-5-3-2-4-6-16/h2-13,22-23H,1H3/b21-14+. The van der Waals surface area contributed by atoms with E-state index in [1.165, 1.54) is 36.4 Å². The molecule has 0 aliphatic heterocycles. The van der Waals surface area contributed by atoms with Crippen LogP contribution in [-0.2, 0) is 10.0 Å². The van der Waals surface area contributed by atoms with Crippen LogP contribution < -0.4 is 10.1 Å². The molecule has 12 heteroatoms. The van der Waals surface area contributed by atoms with Crippen molar-refractivity contribution in [2.45, 2.75) is 11.8 Å². The van der Waals surface area contributed by atoms with Gasteiger partial charge < -0.3 is 0 Å². The average molecular weight is 455 g/mol. The molecule has 3 aromatic rings. The highest BCUT2D eigenvalue weighted by molar-refractivity contribution is 7.92. The Morgan fingerprint density at radius 2 is 1.56 bits per heavy atom. The first-order valence-electron chi connectivity index (χ1n) is 9.09. The van der Waals surface area contributed by atoms with Crippen molar-refractivity contribution >= 4 is 38.5 Å². The molecule has 0 fully saturated rings. The quantitative estimate of drug-likeness (QED) is 0.293. The van der Waals surface area contributed by atoms with Crippen molar-refractivity contribution in [3.63, 3.8) is 0 Å². The fourth-order valence-corrected chi connectivity index (χ4v) is 3.76. The van der Waals surface area contributed by atoms with Crippen LogP contribution in [0.25, 0.3) is 0 Å². The fourth-order valence-electron chi connectivity index (χ4n) is 2.68. The molecule has 0 saturated heterocycles. The SMILES string of the molecule is C/C(=N\Nc1ccc(S(=O)(=O)Nc2ccccc2)cc1[N+](=O)[O-])c1ccc([N+](=O)[O-])cc1. The number of hydrazone groups is 1. The van der Waals surface area contributed by atoms with Crippen LogP contribution in [0.5, 0.6) is 0 Å². The minimum absolute atomic E-state index is 0.0186. The number of nitro benzene ring substituents is 2. The summed E-state index contributed by atoms with van der Waals surface area (Å²) in [6, 6.07) is 17.2. The van der Waals surface area contributed by atoms with Crippen LogP contribution >= 0.6 is 0 Å². The van der Waals surface area contributed by atoms with Crippen molar-refractivity contribution in [3.8, 4) is 0 Å². The summed E-state index contributed by atoms with van der Waals surface area (Å²) in [5.41, 5.74) is 3.27. The molecule has 0 aliphatic rings. The van der Waals surface area contributed by atoms with Crippen LogP contribution in [-0.4, -0.2) is 24.0 Å². The largest absolute Gasteiger partial charge is 0.295 e. The molecule has 11 nitrogen and oxygen atoms in total. The number of anilines is 2. The number of nitrogens with one attached hydrogen (secondary N) is 2. The summed E-state index contributed by atoms with van der Waals surface area (Å²) in [6.45, 7) is 1.61. The van der Waals surface area contributed by atoms with Gasteiger partial charge in [-0.2, -0.15) is 5.10 Å². The topological polar surface area (TPSA) is 157 Å². The summed E-state index contributed by atoms with van der Waals surface area (Å²) in [6.07, 6.45) is 0. The van der Waals surface area contributed by atoms with Crippen molar-refractivity contribution in [2.24, 2.45) is 5.10 Å². The summed E-state index contributed by atoms with van der Waals surface area (Å²) < 4.78 is 27.5. The first kappa shape index (κ1) is 22.4. The van der Waals surface area contributed by atoms with Gasteiger partial charge in [-0.25, -0.2) is 8.42 Å². The first-order chi connectivity index (χ1) is 15.2. The zero-order chi connectivity index (χ0) is 23.3. The van der Waals surface area contributed by atoms with E-state index in [9.17, 15) is 28.6 Å². The Kier molecular flexibility index (Phi) is 6.45. The Bertz CT molecular complexity index is 1290. The molecule has 0 aliphatic carbocycles. The summed E-state index contributed by atoms with van der Waals surface area (Å²) in [5.74, 6) is 0. The normalized spacial score (nSPS) is 11.6. The van der Waals surface area contributed by atoms with Gasteiger partial charge in [0.05, 0.1) is 20.5 Å². The van der Waals surface area contributed by atoms with E-state index >= 15 is 0 Å². The molecule has 0 spiro atoms. The highest BCUT2D eigenvalue weighted by Gasteiger charge is 2.21. The number of non-ortho nitro benzene ring substituents is 1. The Morgan fingerprint density at radius 3 is 2.16 bits per heavy atom. The molecule has 0 unspecified atom stereocenters. The van der Waals surface area contributed by atoms with Crippen molar-refractivity contribution in [3.05, 3.63) is 98.6 Å². The Labute approximate surface area is 182 Å². The number of hydrogen-bond acceptors (Lipinski definition) is 8. The smallest absolute Gasteiger partial charge is 0.280 e. The van der Waals surface area contributed by atoms with Crippen molar-refractivity contribution < 1.29 is 18.3 Å². The summed E-state index contributed by atoms with van der Waals surface area (Å²) in [7, 11) is -4.04. The number of benzene rings is 3. The minimum Gasteiger partial charge on any atom is -0.280 e. The third-order valence-corrected chi connectivity index (χ3v) is 5.72. The molecule has 0 bridgehead atoms. The lowest BCUT2D eigenvalue weighted by Crippen LogP contribution is -2.13. The number of hydrogen-bond donors (Lipinski definition) is 2. The number of para-hydroxylation sites is 1. The molecule has 32 heavy (non-hydrogen) atoms. The Morgan fingerprint density at radius 1 is 0.906 bits per heavy atom. The van der Waals surface area contributed by atoms with Gasteiger partial charge in [0.1, 0.15) is 5.69 Å². The van der Waals surface area contributed by atoms with E-state index < -0.39 is 25.6 Å². The predicted molar refractivity (Wildman–Crippen MR) is 119 cm³/mol. The van der Waals surface area contributed by atoms with Crippen LogP contribution in [0, 0.1) is 20.2 Å². The second-order valence-electron chi connectivity index (χ2n) is 6.52. The first-order valence-corrected chi connectivity index (χ1v) is 10.6. The van der Waals surface area contributed by atoms with Gasteiger partial charge in [0.15, 0.2) is 0 Å². The second-order valence-corrected chi connectivity index (χ2v) is 8.20. The van der Waals surface area contributed by atoms with Gasteiger partial charge in [-0.3, -0.25) is 30.4 Å². The summed E-state index contributed by atoms with van der Waals surface area (Å²) in [5, 5.41) is 26.3. The fraction of sp³-hybridized carbons (Fsp3) is 0.0500. The van der Waals surface area contributed by atoms with Crippen molar-refractivity contribution in [1.29, 1.82) is 0 Å². The molecule has 0 amide bonds. The molecule has 0 saturated carbocycles. The third-order valence-electron chi connectivity index (χ3n) is 4.34. The molecule has 0 atom stereocenters. The molecule has 0 heterocycles. The number of rotatable bonds is 8. The molecule has 164 valence electrons. The van der Waals surface area contributed by atoms with Crippen LogP contribution in [0.3, 0.4) is 0 Å². The van der Waals surface area contributed by atoms with E-state index in [-0.39, 0.29) is 16.3 Å². The van der Waals surface area contributed by atoms with Crippen LogP contribution in [0.4, 0.5) is 22.7 Å². The number of nitrogens with zero attached hydrogens (tertiary/aromatic N) is 3. The zero-order valence-electron chi connectivity index (χ0n) is 16.6. The molecule has 3 aromatic carbocycles. The van der Waals surface area contributed by atoms with Crippen LogP contribution in [0.2, 0.25) is 0 Å². The molecular formula is C20H17N5O6S. The Balaban J connectivity index is 1.85. The van der Waals surface area contributed by atoms with E-state index in [4.69, 9.17) is 0 Å². The molecule has 0 aromatic heterocycles. The van der Waals surface area contributed by atoms with Gasteiger partial charge in [-0.1, -0.05) is 18.2 Å². The van der Waals surface area contributed by atoms with E-state index in [0.717, 1.165) is 6.07 Å². The van der Waals surface area contributed by atoms with E-state index in [2.05, 4.69) is 15.2 Å². The van der Waals surface area contributed by atoms with Gasteiger partial charge in [0.2, 0.25) is 0 Å². The summed E-state index contributed by atoms with van der Waals surface area (Å²) >= 11 is 0. The third kappa shape index (κ3) is 5.23. The van der Waals surface area contributed by atoms with E-state index in [1.54, 1.807) is 37.3 Å². The summed E-state index contributed by atoms with van der Waals surface area (Å²) in [4.78, 5) is 20.7. The molecule has 3 rings (SSSR count). The van der Waals surface area contributed by atoms with E-state index in [0.29, 0.717) is 17.0 Å². The van der Waals surface area contributed by atoms with Gasteiger partial charge >= 0.3 is 0 Å². The number of nitro groups is 2. The lowest BCUT2D eigenvalue weighted by atomic mass is 10.1. The monoisotopic (exact) mass is 455 g/mol. The minimum atomic E-state index is -4.04. The second kappa shape index (κ2) is 9.22. The molecule has 2 N–H and O–H groups in total. The maximum atomic E-state index is 12.6. The molecule has 0 radical (unpaired) electrons. The average Bonchev–Trinajstić information content (AvgIpc) is 2.77. The molecular weight excluding hydrogens is 438 g/mol. The number of sulfonamides is 1. The zero-order valence-corrected chi connectivity index (χ0v) is 17.4. The van der Waals surface area contributed by atoms with Gasteiger partial charge in [0, 0.05) is 23.9 Å². The van der Waals surface area contributed by atoms with Crippen molar-refractivity contribution in [2.75, 3.05) is 10.1 Å². The predicted octanol–water partition coefficient (Wildman–Crippen LogP) is 4.14. The van der Waals surface area contributed by atoms with Crippen LogP contribution in [0.1, 0.15) is 12.5 Å². The lowest BCUT2D eigenvalue weighted by Gasteiger charge is -2.09. The lowest BCUT2D eigenvalue weighted by molar-refractivity contribution is -0.384. The van der Waals surface area contributed by atoms with Gasteiger partial charge in [0.25, 0.3) is 21.4 Å². The van der Waals surface area contributed by atoms with Crippen LogP contribution in [0.15, 0.2) is 82.8 Å². The highest BCUT2D eigenvalue weighted by Crippen LogP contribution is 2.28. The van der Waals surface area contributed by atoms with Crippen molar-refractivity contribution in [1.82, 2.24) is 0 Å². The van der Waals surface area contributed by atoms with Gasteiger partial charge in [-0.05, 0) is 48.9 Å². The maximum absolute atomic E-state index is 12.6. The Hall–Kier alpha value is -4.32. The van der Waals surface area contributed by atoms with E-state index in [1.807, 2.05) is 0 Å². The van der Waals surface area contributed by atoms with Gasteiger partial charge in [-0.15, -0.1) is 0 Å².